The van der Waals surface area contributed by atoms with E-state index < -0.39 is 0 Å². The van der Waals surface area contributed by atoms with Crippen LogP contribution in [0.4, 0.5) is 11.6 Å². The average molecular weight is 561 g/mol. The second-order valence-corrected chi connectivity index (χ2v) is 11.6. The molecule has 11 heteroatoms. The molecule has 0 saturated carbocycles. The van der Waals surface area contributed by atoms with Crippen LogP contribution in [0.1, 0.15) is 43.9 Å². The predicted molar refractivity (Wildman–Crippen MR) is 159 cm³/mol. The van der Waals surface area contributed by atoms with Gasteiger partial charge >= 0.3 is 6.01 Å². The number of H-pyrrole nitrogens is 1. The van der Waals surface area contributed by atoms with Crippen LogP contribution >= 0.6 is 0 Å². The fourth-order valence-corrected chi connectivity index (χ4v) is 6.64. The molecule has 3 aromatic rings. The molecular formula is C30H40N8O3. The summed E-state index contributed by atoms with van der Waals surface area (Å²) in [7, 11) is 4.20. The van der Waals surface area contributed by atoms with Crippen molar-refractivity contribution in [1.82, 2.24) is 30.0 Å². The fraction of sp³-hybridized carbons (Fsp3) is 0.533. The van der Waals surface area contributed by atoms with E-state index in [-0.39, 0.29) is 24.1 Å². The van der Waals surface area contributed by atoms with E-state index in [0.717, 1.165) is 29.4 Å². The normalized spacial score (nSPS) is 24.9. The third-order valence-corrected chi connectivity index (χ3v) is 8.95. The molecule has 1 N–H and O–H groups in total. The third-order valence-electron chi connectivity index (χ3n) is 8.95. The number of aryl methyl sites for hydroxylation is 1. The van der Waals surface area contributed by atoms with Crippen LogP contribution in [-0.2, 0) is 4.79 Å². The number of nitrogens with zero attached hydrogens (tertiary/aromatic N) is 7. The number of benzene rings is 1. The molecule has 0 radical (unpaired) electrons. The van der Waals surface area contributed by atoms with Crippen molar-refractivity contribution >= 4 is 28.4 Å². The Morgan fingerprint density at radius 1 is 1.20 bits per heavy atom. The molecule has 2 fully saturated rings. The first-order valence-corrected chi connectivity index (χ1v) is 14.5. The molecule has 218 valence electrons. The maximum absolute atomic E-state index is 12.3. The quantitative estimate of drug-likeness (QED) is 0.455. The van der Waals surface area contributed by atoms with E-state index in [1.165, 1.54) is 18.1 Å². The smallest absolute Gasteiger partial charge is 0.320 e. The third kappa shape index (κ3) is 4.86. The first kappa shape index (κ1) is 27.3. The predicted octanol–water partition coefficient (Wildman–Crippen LogP) is 3.32. The molecule has 1 unspecified atom stereocenters. The number of ether oxygens (including phenoxy) is 2. The number of aromatic amines is 1. The summed E-state index contributed by atoms with van der Waals surface area (Å²) in [5.41, 5.74) is 3.32. The van der Waals surface area contributed by atoms with Crippen LogP contribution in [0.2, 0.25) is 0 Å². The van der Waals surface area contributed by atoms with Gasteiger partial charge in [-0.3, -0.25) is 9.89 Å². The van der Waals surface area contributed by atoms with Crippen molar-refractivity contribution in [3.8, 4) is 11.8 Å². The van der Waals surface area contributed by atoms with Crippen LogP contribution in [0.15, 0.2) is 31.0 Å². The van der Waals surface area contributed by atoms with Gasteiger partial charge in [0.1, 0.15) is 12.7 Å². The maximum Gasteiger partial charge on any atom is 0.320 e. The lowest BCUT2D eigenvalue weighted by molar-refractivity contribution is -0.126. The summed E-state index contributed by atoms with van der Waals surface area (Å²) in [6.45, 7) is 13.4. The van der Waals surface area contributed by atoms with Crippen LogP contribution in [0, 0.1) is 6.92 Å². The number of carbonyl (C=O) groups is 1. The molecule has 11 nitrogen and oxygen atoms in total. The highest BCUT2D eigenvalue weighted by Gasteiger charge is 2.40. The number of nitrogens with one attached hydrogen (secondary N) is 1. The number of likely N-dealkylation sites (tertiary alicyclic amines) is 1. The zero-order valence-electron chi connectivity index (χ0n) is 24.6. The van der Waals surface area contributed by atoms with Gasteiger partial charge in [0.15, 0.2) is 11.6 Å². The number of anilines is 2. The number of fused-ring (bicyclic) bond motifs is 2. The van der Waals surface area contributed by atoms with Gasteiger partial charge in [-0.1, -0.05) is 12.6 Å². The summed E-state index contributed by atoms with van der Waals surface area (Å²) < 4.78 is 13.0. The van der Waals surface area contributed by atoms with Gasteiger partial charge in [0.25, 0.3) is 0 Å². The largest absolute Gasteiger partial charge is 0.481 e. The summed E-state index contributed by atoms with van der Waals surface area (Å²) in [5.74, 6) is 2.00. The fourth-order valence-electron chi connectivity index (χ4n) is 6.64. The Morgan fingerprint density at radius 2 is 2.00 bits per heavy atom. The lowest BCUT2D eigenvalue weighted by Crippen LogP contribution is -2.54. The Bertz CT molecular complexity index is 1460. The van der Waals surface area contributed by atoms with Crippen molar-refractivity contribution in [2.24, 2.45) is 0 Å². The van der Waals surface area contributed by atoms with Crippen LogP contribution in [-0.4, -0.2) is 101 Å². The van der Waals surface area contributed by atoms with E-state index >= 15 is 0 Å². The van der Waals surface area contributed by atoms with Gasteiger partial charge in [-0.25, -0.2) is 0 Å². The number of hydrogen-bond donors (Lipinski definition) is 1. The van der Waals surface area contributed by atoms with Crippen LogP contribution in [0.5, 0.6) is 11.8 Å². The highest BCUT2D eigenvalue weighted by Crippen LogP contribution is 2.47. The van der Waals surface area contributed by atoms with E-state index in [0.29, 0.717) is 55.7 Å². The molecule has 41 heavy (non-hydrogen) atoms. The van der Waals surface area contributed by atoms with Crippen molar-refractivity contribution in [2.45, 2.75) is 57.8 Å². The summed E-state index contributed by atoms with van der Waals surface area (Å²) >= 11 is 0. The zero-order valence-corrected chi connectivity index (χ0v) is 24.6. The van der Waals surface area contributed by atoms with E-state index in [2.05, 4.69) is 78.5 Å². The Hall–Kier alpha value is -3.86. The number of carbonyl (C=O) groups excluding carboxylic acids is 1. The minimum absolute atomic E-state index is 0.0179. The molecule has 2 saturated heterocycles. The van der Waals surface area contributed by atoms with Gasteiger partial charge in [0, 0.05) is 44.2 Å². The number of hydrogen-bond acceptors (Lipinski definition) is 9. The SMILES string of the molecule is C=CC(=O)N1CCN(c2nc(OC[C@@H]3CCCN3C)nc3c2O[C@H](C)C(c2c(C)ccc4[nH]ncc24)N3C)[C@@H](C)C1. The molecule has 5 heterocycles. The topological polar surface area (TPSA) is 103 Å². The van der Waals surface area contributed by atoms with Crippen molar-refractivity contribution in [3.05, 3.63) is 42.1 Å². The molecule has 1 aromatic carbocycles. The summed E-state index contributed by atoms with van der Waals surface area (Å²) in [4.78, 5) is 30.8. The lowest BCUT2D eigenvalue weighted by Gasteiger charge is -2.44. The van der Waals surface area contributed by atoms with E-state index in [1.54, 1.807) is 0 Å². The molecule has 0 spiro atoms. The molecule has 3 aliphatic rings. The van der Waals surface area contributed by atoms with Gasteiger partial charge < -0.3 is 29.1 Å². The lowest BCUT2D eigenvalue weighted by atomic mass is 9.92. The van der Waals surface area contributed by atoms with E-state index in [9.17, 15) is 4.79 Å². The first-order valence-electron chi connectivity index (χ1n) is 14.5. The molecule has 3 aliphatic heterocycles. The van der Waals surface area contributed by atoms with Crippen molar-refractivity contribution in [3.63, 3.8) is 0 Å². The van der Waals surface area contributed by atoms with Crippen molar-refractivity contribution in [1.29, 1.82) is 0 Å². The van der Waals surface area contributed by atoms with Gasteiger partial charge in [0.2, 0.25) is 11.7 Å². The molecule has 6 rings (SSSR count). The summed E-state index contributed by atoms with van der Waals surface area (Å²) in [6, 6.07) is 4.79. The van der Waals surface area contributed by atoms with Crippen molar-refractivity contribution < 1.29 is 14.3 Å². The van der Waals surface area contributed by atoms with Crippen LogP contribution < -0.4 is 19.3 Å². The number of likely N-dealkylation sites (N-methyl/N-ethyl adjacent to an activating group) is 2. The maximum atomic E-state index is 12.3. The first-order chi connectivity index (χ1) is 19.8. The molecule has 1 amide bonds. The molecule has 2 aromatic heterocycles. The summed E-state index contributed by atoms with van der Waals surface area (Å²) in [5, 5.41) is 8.49. The van der Waals surface area contributed by atoms with E-state index in [4.69, 9.17) is 19.4 Å². The monoisotopic (exact) mass is 560 g/mol. The Morgan fingerprint density at radius 3 is 2.73 bits per heavy atom. The molecule has 0 aliphatic carbocycles. The minimum Gasteiger partial charge on any atom is -0.481 e. The Balaban J connectivity index is 1.40. The average Bonchev–Trinajstić information content (AvgIpc) is 3.61. The minimum atomic E-state index is -0.188. The standard InChI is InChI=1S/C30H40N8O3/c1-7-24(39)37-13-14-38(19(3)16-37)29-27-28(32-30(33-29)40-17-21-9-8-12-35(21)5)36(6)26(20(4)41-27)25-18(2)10-11-23-22(25)15-31-34-23/h7,10-11,15,19-21,26H,1,8-9,12-14,16-17H2,2-6H3,(H,31,34)/t19-,20+,21-,26?/m0/s1. The highest BCUT2D eigenvalue weighted by molar-refractivity contribution is 5.87. The number of piperazine rings is 1. The van der Waals surface area contributed by atoms with Gasteiger partial charge in [-0.05, 0) is 70.5 Å². The Labute approximate surface area is 241 Å². The van der Waals surface area contributed by atoms with Crippen molar-refractivity contribution in [2.75, 3.05) is 56.7 Å². The van der Waals surface area contributed by atoms with Crippen LogP contribution in [0.25, 0.3) is 10.9 Å². The second-order valence-electron chi connectivity index (χ2n) is 11.6. The van der Waals surface area contributed by atoms with E-state index in [1.807, 2.05) is 11.1 Å². The summed E-state index contributed by atoms with van der Waals surface area (Å²) in [6.07, 6.45) is 5.34. The second kappa shape index (κ2) is 10.8. The highest BCUT2D eigenvalue weighted by atomic mass is 16.5. The van der Waals surface area contributed by atoms with Gasteiger partial charge in [-0.2, -0.15) is 15.1 Å². The Kier molecular flexibility index (Phi) is 7.23. The molecular weight excluding hydrogens is 520 g/mol. The number of aromatic nitrogens is 4. The molecule has 4 atom stereocenters. The van der Waals surface area contributed by atoms with Gasteiger partial charge in [0.05, 0.1) is 17.8 Å². The molecule has 0 bridgehead atoms. The zero-order chi connectivity index (χ0) is 28.8. The van der Waals surface area contributed by atoms with Crippen LogP contribution in [0.3, 0.4) is 0 Å². The van der Waals surface area contributed by atoms with Gasteiger partial charge in [-0.15, -0.1) is 0 Å². The number of amides is 1. The number of rotatable bonds is 6.